The average Bonchev–Trinajstić information content (AvgIpc) is 3.15. The van der Waals surface area contributed by atoms with E-state index >= 15 is 0 Å². The van der Waals surface area contributed by atoms with E-state index in [1.807, 2.05) is 0 Å². The number of aromatic nitrogens is 4. The molecule has 3 amide bonds. The predicted molar refractivity (Wildman–Crippen MR) is 201 cm³/mol. The zero-order valence-corrected chi connectivity index (χ0v) is 31.3. The summed E-state index contributed by atoms with van der Waals surface area (Å²) < 4.78 is 10.9. The molecule has 54 heavy (non-hydrogen) atoms. The second-order valence-electron chi connectivity index (χ2n) is 13.2. The summed E-state index contributed by atoms with van der Waals surface area (Å²) in [6.45, 7) is 2.08. The number of hydrogen-bond acceptors (Lipinski definition) is 14. The van der Waals surface area contributed by atoms with E-state index in [9.17, 15) is 34.2 Å². The van der Waals surface area contributed by atoms with Gasteiger partial charge in [-0.05, 0) is 55.2 Å². The molecule has 1 fully saturated rings. The Kier molecular flexibility index (Phi) is 16.7. The highest BCUT2D eigenvalue weighted by Crippen LogP contribution is 2.31. The largest absolute Gasteiger partial charge is 0.492 e. The third-order valence-corrected chi connectivity index (χ3v) is 12.8. The highest BCUT2D eigenvalue weighted by Gasteiger charge is 2.32. The number of carboxylic acids is 1. The van der Waals surface area contributed by atoms with Crippen LogP contribution in [0.25, 0.3) is 11.2 Å². The third kappa shape index (κ3) is 14.4. The Labute approximate surface area is 314 Å². The van der Waals surface area contributed by atoms with Crippen LogP contribution in [-0.4, -0.2) is 113 Å². The molecule has 1 aliphatic rings. The summed E-state index contributed by atoms with van der Waals surface area (Å²) in [6, 6.07) is 7.94. The van der Waals surface area contributed by atoms with E-state index in [1.54, 1.807) is 12.1 Å². The quantitative estimate of drug-likeness (QED) is 0.0505. The number of ether oxygens (including phenoxy) is 2. The first-order chi connectivity index (χ1) is 26.0. The number of amides is 3. The van der Waals surface area contributed by atoms with Gasteiger partial charge in [0.2, 0.25) is 23.6 Å². The Morgan fingerprint density at radius 3 is 2.20 bits per heavy atom. The van der Waals surface area contributed by atoms with Gasteiger partial charge in [0, 0.05) is 37.2 Å². The van der Waals surface area contributed by atoms with E-state index in [2.05, 4.69) is 41.2 Å². The van der Waals surface area contributed by atoms with Crippen LogP contribution in [0.15, 0.2) is 30.5 Å². The zero-order valence-electron chi connectivity index (χ0n) is 30.3. The fraction of sp³-hybridized carbons (Fsp3) is 0.543. The van der Waals surface area contributed by atoms with E-state index in [1.165, 1.54) is 24.8 Å². The molecule has 4 rings (SSSR count). The maximum absolute atomic E-state index is 12.8. The molecule has 1 aromatic carbocycles. The lowest BCUT2D eigenvalue weighted by molar-refractivity contribution is -0.139. The summed E-state index contributed by atoms with van der Waals surface area (Å²) in [5.74, 6) is -2.76. The van der Waals surface area contributed by atoms with Crippen molar-refractivity contribution in [3.8, 4) is 5.88 Å². The van der Waals surface area contributed by atoms with E-state index in [4.69, 9.17) is 15.2 Å². The van der Waals surface area contributed by atoms with Crippen LogP contribution in [0, 0.1) is 0 Å². The number of carboxylic acid groups (broad SMARTS) is 1. The van der Waals surface area contributed by atoms with E-state index < -0.39 is 26.2 Å². The lowest BCUT2D eigenvalue weighted by Crippen LogP contribution is -2.41. The van der Waals surface area contributed by atoms with Gasteiger partial charge in [-0.1, -0.05) is 25.7 Å². The van der Waals surface area contributed by atoms with Crippen molar-refractivity contribution >= 4 is 54.8 Å². The van der Waals surface area contributed by atoms with Crippen LogP contribution < -0.4 is 27.0 Å². The van der Waals surface area contributed by atoms with Crippen LogP contribution >= 0.6 is 0 Å². The van der Waals surface area contributed by atoms with Gasteiger partial charge < -0.3 is 51.5 Å². The molecule has 1 saturated heterocycles. The van der Waals surface area contributed by atoms with Gasteiger partial charge in [-0.25, -0.2) is 14.8 Å². The van der Waals surface area contributed by atoms with Gasteiger partial charge in [-0.2, -0.15) is 9.97 Å². The predicted octanol–water partition coefficient (Wildman–Crippen LogP) is 1.84. The number of unbranched alkanes of at least 4 members (excludes halogenated alkanes) is 1. The molecule has 0 radical (unpaired) electrons. The molecular formula is C35H51N9O9Si. The van der Waals surface area contributed by atoms with Gasteiger partial charge in [-0.3, -0.25) is 14.4 Å². The molecule has 3 heterocycles. The maximum atomic E-state index is 12.8. The number of carbonyl (C=O) groups is 4. The Balaban J connectivity index is 1.01. The van der Waals surface area contributed by atoms with Gasteiger partial charge >= 0.3 is 5.97 Å². The molecule has 1 aliphatic heterocycles. The summed E-state index contributed by atoms with van der Waals surface area (Å²) >= 11 is 0. The average molecular weight is 770 g/mol. The summed E-state index contributed by atoms with van der Waals surface area (Å²) in [6.07, 6.45) is 6.89. The Hall–Kier alpha value is -4.98. The van der Waals surface area contributed by atoms with Crippen molar-refractivity contribution in [2.45, 2.75) is 82.1 Å². The van der Waals surface area contributed by atoms with Crippen LogP contribution in [-0.2, 0) is 30.4 Å². The first-order valence-electron chi connectivity index (χ1n) is 18.3. The summed E-state index contributed by atoms with van der Waals surface area (Å²) in [5, 5.41) is 30.7. The SMILES string of the molecule is Nc1nc(O)c2nc(CNc3ccc(C(=O)N[C@@H](CCC(=O)NCCOCCOCCNC(=O)CCCC[Si]4(O)CCCCC4)C(=O)O)cc3)cnc2n1. The molecule has 0 saturated carbocycles. The minimum absolute atomic E-state index is 0.0158. The topological polar surface area (TPSA) is 273 Å². The highest BCUT2D eigenvalue weighted by molar-refractivity contribution is 6.72. The fourth-order valence-corrected chi connectivity index (χ4v) is 9.44. The van der Waals surface area contributed by atoms with Crippen LogP contribution in [0.3, 0.4) is 0 Å². The molecule has 294 valence electrons. The molecule has 2 aromatic heterocycles. The summed E-state index contributed by atoms with van der Waals surface area (Å²) in [4.78, 5) is 75.5. The Bertz CT molecular complexity index is 1690. The lowest BCUT2D eigenvalue weighted by Gasteiger charge is -2.29. The van der Waals surface area contributed by atoms with E-state index in [-0.39, 0.29) is 72.9 Å². The van der Waals surface area contributed by atoms with Crippen molar-refractivity contribution < 1.29 is 43.7 Å². The number of aromatic hydroxyl groups is 1. The number of aliphatic carboxylic acids is 1. The Morgan fingerprint density at radius 2 is 1.54 bits per heavy atom. The van der Waals surface area contributed by atoms with Gasteiger partial charge in [0.25, 0.3) is 5.91 Å². The van der Waals surface area contributed by atoms with Gasteiger partial charge in [-0.15, -0.1) is 0 Å². The van der Waals surface area contributed by atoms with E-state index in [0.717, 1.165) is 43.8 Å². The van der Waals surface area contributed by atoms with Crippen molar-refractivity contribution in [1.29, 1.82) is 0 Å². The number of hydrogen-bond donors (Lipinski definition) is 8. The van der Waals surface area contributed by atoms with Gasteiger partial charge in [0.1, 0.15) is 6.04 Å². The normalized spacial score (nSPS) is 14.2. The van der Waals surface area contributed by atoms with Gasteiger partial charge in [0.05, 0.1) is 44.9 Å². The number of nitrogens with zero attached hydrogens (tertiary/aromatic N) is 4. The smallest absolute Gasteiger partial charge is 0.326 e. The number of carbonyl (C=O) groups excluding carboxylic acids is 3. The van der Waals surface area contributed by atoms with Gasteiger partial charge in [0.15, 0.2) is 19.5 Å². The number of nitrogens with one attached hydrogen (secondary N) is 4. The molecule has 18 nitrogen and oxygen atoms in total. The summed E-state index contributed by atoms with van der Waals surface area (Å²) in [7, 11) is -2.04. The molecule has 19 heteroatoms. The molecule has 0 spiro atoms. The van der Waals surface area contributed by atoms with Crippen molar-refractivity contribution in [3.63, 3.8) is 0 Å². The van der Waals surface area contributed by atoms with Crippen LogP contribution in [0.1, 0.15) is 67.4 Å². The molecular weight excluding hydrogens is 719 g/mol. The molecule has 0 bridgehead atoms. The molecule has 3 aromatic rings. The standard InChI is InChI=1S/C35H51N9O9Si/c36-35-43-31-30(33(48)44-35)41-26(23-40-31)22-39-25-9-7-24(8-10-25)32(47)42-27(34(49)50)11-12-29(46)38-14-16-53-18-17-52-15-13-37-28(45)6-2-5-21-54(51)19-3-1-4-20-54/h7-10,23,27,39,51H,1-6,11-22H2,(H,37,45)(H,38,46)(H,42,47)(H,49,50)(H3,36,40,43,44,48)/t27-/m0/s1. The van der Waals surface area contributed by atoms with Crippen LogP contribution in [0.4, 0.5) is 11.6 Å². The summed E-state index contributed by atoms with van der Waals surface area (Å²) in [5.41, 5.74) is 7.14. The highest BCUT2D eigenvalue weighted by atomic mass is 28.4. The number of rotatable bonds is 23. The fourth-order valence-electron chi connectivity index (χ4n) is 5.96. The molecule has 9 N–H and O–H groups in total. The molecule has 0 aliphatic carbocycles. The third-order valence-electron chi connectivity index (χ3n) is 8.93. The number of anilines is 2. The van der Waals surface area contributed by atoms with Crippen LogP contribution in [0.2, 0.25) is 18.1 Å². The zero-order chi connectivity index (χ0) is 38.8. The molecule has 1 atom stereocenters. The maximum Gasteiger partial charge on any atom is 0.326 e. The van der Waals surface area contributed by atoms with E-state index in [0.29, 0.717) is 44.2 Å². The minimum Gasteiger partial charge on any atom is -0.492 e. The lowest BCUT2D eigenvalue weighted by atomic mass is 10.1. The van der Waals surface area contributed by atoms with Crippen molar-refractivity contribution in [2.75, 3.05) is 50.6 Å². The number of nitrogens with two attached hydrogens (primary N) is 1. The first kappa shape index (κ1) is 41.8. The van der Waals surface area contributed by atoms with Crippen molar-refractivity contribution in [1.82, 2.24) is 35.9 Å². The Morgan fingerprint density at radius 1 is 0.870 bits per heavy atom. The van der Waals surface area contributed by atoms with Crippen molar-refractivity contribution in [2.24, 2.45) is 0 Å². The second-order valence-corrected chi connectivity index (χ2v) is 17.1. The number of nitrogen functional groups attached to an aromatic ring is 1. The monoisotopic (exact) mass is 769 g/mol. The minimum atomic E-state index is -2.04. The second kappa shape index (κ2) is 21.7. The first-order valence-corrected chi connectivity index (χ1v) is 20.9. The molecule has 0 unspecified atom stereocenters. The number of fused-ring (bicyclic) bond motifs is 1. The number of benzene rings is 1. The van der Waals surface area contributed by atoms with Crippen LogP contribution in [0.5, 0.6) is 5.88 Å². The van der Waals surface area contributed by atoms with Crippen molar-refractivity contribution in [3.05, 3.63) is 41.7 Å².